The first-order chi connectivity index (χ1) is 11.4. The molecule has 0 aliphatic carbocycles. The fraction of sp³-hybridized carbons (Fsp3) is 1.00. The Hall–Kier alpha value is -0.406. The minimum absolute atomic E-state index is 0.669. The zero-order valence-electron chi connectivity index (χ0n) is 13.8. The van der Waals surface area contributed by atoms with Crippen molar-refractivity contribution in [2.45, 2.75) is 73.6 Å². The van der Waals surface area contributed by atoms with E-state index in [0.717, 1.165) is 0 Å². The van der Waals surface area contributed by atoms with Crippen molar-refractivity contribution in [2.24, 2.45) is 0 Å². The van der Waals surface area contributed by atoms with Gasteiger partial charge in [0.25, 0.3) is 0 Å². The highest BCUT2D eigenvalue weighted by molar-refractivity contribution is 6.33. The van der Waals surface area contributed by atoms with E-state index in [1.165, 1.54) is 13.1 Å². The molecule has 0 saturated carbocycles. The molecular weight excluding hydrogens is 428 g/mol. The van der Waals surface area contributed by atoms with Gasteiger partial charge in [-0.05, 0) is 0 Å². The predicted molar refractivity (Wildman–Crippen MR) is 77.3 cm³/mol. The predicted octanol–water partition coefficient (Wildman–Crippen LogP) is 4.85. The lowest BCUT2D eigenvalue weighted by molar-refractivity contribution is -0.425. The lowest BCUT2D eigenvalue weighted by Crippen LogP contribution is -2.70. The van der Waals surface area contributed by atoms with Gasteiger partial charge in [-0.15, -0.1) is 0 Å². The SMILES string of the molecule is C[SiH2]CCC(F)(F)C(F)(F)C(F)(F)C(F)(F)C(F)(F)C(F)(F)CC[SiH2]C. The molecule has 0 aromatic rings. The Morgan fingerprint density at radius 2 is 0.692 bits per heavy atom. The molecule has 0 aromatic carbocycles. The van der Waals surface area contributed by atoms with Crippen LogP contribution in [-0.2, 0) is 0 Å². The van der Waals surface area contributed by atoms with E-state index in [1.807, 2.05) is 0 Å². The smallest absolute Gasteiger partial charge is 0.200 e. The van der Waals surface area contributed by atoms with Crippen molar-refractivity contribution in [3.8, 4) is 0 Å². The molecule has 0 atom stereocenters. The monoisotopic (exact) mass is 446 g/mol. The van der Waals surface area contributed by atoms with Gasteiger partial charge in [0.2, 0.25) is 0 Å². The summed E-state index contributed by atoms with van der Waals surface area (Å²) in [5, 5.41) is 0. The van der Waals surface area contributed by atoms with Gasteiger partial charge in [-0.25, -0.2) is 0 Å². The van der Waals surface area contributed by atoms with Crippen LogP contribution in [0.1, 0.15) is 12.8 Å². The van der Waals surface area contributed by atoms with E-state index in [9.17, 15) is 52.7 Å². The van der Waals surface area contributed by atoms with E-state index in [2.05, 4.69) is 0 Å². The first-order valence-corrected chi connectivity index (χ1v) is 12.5. The van der Waals surface area contributed by atoms with E-state index >= 15 is 0 Å². The standard InChI is InChI=1S/C12H18F12Si2/c1-25-5-3-7(13,14)9(17,18)11(21,22)12(23,24)10(19,20)8(15,16)4-6-26-2/h3-6,25-26H2,1-2H3. The maximum absolute atomic E-state index is 13.5. The van der Waals surface area contributed by atoms with Crippen LogP contribution in [0.15, 0.2) is 0 Å². The summed E-state index contributed by atoms with van der Waals surface area (Å²) in [6.07, 6.45) is -3.89. The van der Waals surface area contributed by atoms with Crippen molar-refractivity contribution in [3.63, 3.8) is 0 Å². The van der Waals surface area contributed by atoms with Crippen LogP contribution in [0, 0.1) is 0 Å². The van der Waals surface area contributed by atoms with Gasteiger partial charge in [0.05, 0.1) is 0 Å². The molecule has 0 heterocycles. The van der Waals surface area contributed by atoms with Crippen LogP contribution in [-0.4, -0.2) is 54.6 Å². The quantitative estimate of drug-likeness (QED) is 0.315. The van der Waals surface area contributed by atoms with Crippen molar-refractivity contribution < 1.29 is 52.7 Å². The second kappa shape index (κ2) is 7.91. The molecule has 0 nitrogen and oxygen atoms in total. The third kappa shape index (κ3) is 4.04. The summed E-state index contributed by atoms with van der Waals surface area (Å²) in [6.45, 7) is 2.65. The van der Waals surface area contributed by atoms with Crippen LogP contribution in [0.5, 0.6) is 0 Å². The van der Waals surface area contributed by atoms with Gasteiger partial charge in [-0.2, -0.15) is 52.7 Å². The Labute approximate surface area is 146 Å². The van der Waals surface area contributed by atoms with Gasteiger partial charge in [-0.3, -0.25) is 0 Å². The van der Waals surface area contributed by atoms with Crippen LogP contribution < -0.4 is 0 Å². The Morgan fingerprint density at radius 3 is 0.885 bits per heavy atom. The normalized spacial score (nSPS) is 16.4. The summed E-state index contributed by atoms with van der Waals surface area (Å²) in [5.41, 5.74) is 0. The maximum atomic E-state index is 13.5. The first-order valence-electron chi connectivity index (χ1n) is 7.64. The highest BCUT2D eigenvalue weighted by atomic mass is 28.2. The molecule has 0 rings (SSSR count). The minimum Gasteiger partial charge on any atom is -0.200 e. The number of halogens is 12. The summed E-state index contributed by atoms with van der Waals surface area (Å²) in [4.78, 5) is 0. The van der Waals surface area contributed by atoms with E-state index in [0.29, 0.717) is 0 Å². The maximum Gasteiger partial charge on any atom is 0.384 e. The minimum atomic E-state index is -7.41. The molecular formula is C12H18F12Si2. The summed E-state index contributed by atoms with van der Waals surface area (Å²) in [6, 6.07) is -1.34. The topological polar surface area (TPSA) is 0 Å². The third-order valence-corrected chi connectivity index (χ3v) is 5.91. The van der Waals surface area contributed by atoms with Crippen molar-refractivity contribution >= 4 is 19.0 Å². The molecule has 26 heavy (non-hydrogen) atoms. The second-order valence-electron chi connectivity index (χ2n) is 5.91. The second-order valence-corrected chi connectivity index (χ2v) is 9.33. The van der Waals surface area contributed by atoms with Crippen LogP contribution in [0.25, 0.3) is 0 Å². The Kier molecular flexibility index (Phi) is 7.79. The average Bonchev–Trinajstić information content (AvgIpc) is 2.49. The first kappa shape index (κ1) is 25.6. The highest BCUT2D eigenvalue weighted by Gasteiger charge is 2.89. The van der Waals surface area contributed by atoms with Gasteiger partial charge in [-0.1, -0.05) is 25.2 Å². The fourth-order valence-electron chi connectivity index (χ4n) is 1.97. The number of alkyl halides is 12. The van der Waals surface area contributed by atoms with Crippen molar-refractivity contribution in [1.82, 2.24) is 0 Å². The molecule has 0 N–H and O–H groups in total. The lowest BCUT2D eigenvalue weighted by atomic mass is 9.90. The summed E-state index contributed by atoms with van der Waals surface area (Å²) in [5.74, 6) is -40.3. The van der Waals surface area contributed by atoms with Gasteiger partial charge >= 0.3 is 35.5 Å². The van der Waals surface area contributed by atoms with E-state index in [1.54, 1.807) is 0 Å². The molecule has 0 radical (unpaired) electrons. The molecule has 158 valence electrons. The molecule has 0 amide bonds. The van der Waals surface area contributed by atoms with Gasteiger partial charge in [0, 0.05) is 31.9 Å². The van der Waals surface area contributed by atoms with E-state index in [4.69, 9.17) is 0 Å². The fourth-order valence-corrected chi connectivity index (χ4v) is 3.56. The van der Waals surface area contributed by atoms with Crippen molar-refractivity contribution in [3.05, 3.63) is 0 Å². The van der Waals surface area contributed by atoms with Gasteiger partial charge in [0.15, 0.2) is 0 Å². The lowest BCUT2D eigenvalue weighted by Gasteiger charge is -2.41. The Bertz CT molecular complexity index is 421. The average molecular weight is 446 g/mol. The number of hydrogen-bond acceptors (Lipinski definition) is 0. The van der Waals surface area contributed by atoms with Crippen LogP contribution in [0.4, 0.5) is 52.7 Å². The zero-order chi connectivity index (χ0) is 21.2. The Balaban J connectivity index is 6.06. The van der Waals surface area contributed by atoms with Crippen LogP contribution in [0.3, 0.4) is 0 Å². The molecule has 0 unspecified atom stereocenters. The zero-order valence-corrected chi connectivity index (χ0v) is 16.6. The third-order valence-electron chi connectivity index (χ3n) is 3.79. The summed E-state index contributed by atoms with van der Waals surface area (Å²) < 4.78 is 161. The van der Waals surface area contributed by atoms with Crippen LogP contribution in [0.2, 0.25) is 25.2 Å². The van der Waals surface area contributed by atoms with E-state index in [-0.39, 0.29) is 0 Å². The summed E-state index contributed by atoms with van der Waals surface area (Å²) in [7, 11) is -2.74. The molecule has 0 fully saturated rings. The van der Waals surface area contributed by atoms with Crippen molar-refractivity contribution in [2.75, 3.05) is 0 Å². The molecule has 0 aliphatic rings. The molecule has 0 spiro atoms. The van der Waals surface area contributed by atoms with Gasteiger partial charge < -0.3 is 0 Å². The van der Waals surface area contributed by atoms with E-state index < -0.39 is 79.5 Å². The molecule has 0 aromatic heterocycles. The Morgan fingerprint density at radius 1 is 0.462 bits per heavy atom. The largest absolute Gasteiger partial charge is 0.384 e. The molecule has 0 bridgehead atoms. The molecule has 14 heteroatoms. The molecule has 0 saturated heterocycles. The van der Waals surface area contributed by atoms with Crippen molar-refractivity contribution in [1.29, 1.82) is 0 Å². The summed E-state index contributed by atoms with van der Waals surface area (Å²) >= 11 is 0. The molecule has 0 aliphatic heterocycles. The number of hydrogen-bond donors (Lipinski definition) is 0. The highest BCUT2D eigenvalue weighted by Crippen LogP contribution is 2.61. The van der Waals surface area contributed by atoms with Crippen LogP contribution >= 0.6 is 0 Å². The number of rotatable bonds is 11. The van der Waals surface area contributed by atoms with Gasteiger partial charge in [0.1, 0.15) is 0 Å².